The summed E-state index contributed by atoms with van der Waals surface area (Å²) >= 11 is 0. The number of methoxy groups -OCH3 is 1. The molecule has 5 N–H and O–H groups in total. The summed E-state index contributed by atoms with van der Waals surface area (Å²) in [5.41, 5.74) is 8.74. The first-order valence-corrected chi connectivity index (χ1v) is 11.6. The number of fused-ring (bicyclic) bond motifs is 1. The summed E-state index contributed by atoms with van der Waals surface area (Å²) in [4.78, 5) is 15.4. The Labute approximate surface area is 193 Å². The van der Waals surface area contributed by atoms with E-state index in [0.29, 0.717) is 29.8 Å². The Balaban J connectivity index is 1.29. The van der Waals surface area contributed by atoms with Gasteiger partial charge < -0.3 is 25.6 Å². The summed E-state index contributed by atoms with van der Waals surface area (Å²) in [6, 6.07) is 12.6. The topological polar surface area (TPSA) is 89.7 Å². The minimum Gasteiger partial charge on any atom is -0.496 e. The molecule has 3 aliphatic rings. The molecule has 2 aromatic rings. The molecule has 1 amide bonds. The number of carbonyl (C=O) groups is 1. The summed E-state index contributed by atoms with van der Waals surface area (Å²) in [5, 5.41) is 9.92. The van der Waals surface area contributed by atoms with Crippen LogP contribution in [0.5, 0.6) is 5.75 Å². The third kappa shape index (κ3) is 4.54. The number of carbonyl (C=O) groups excluding carboxylic acids is 1. The van der Waals surface area contributed by atoms with Gasteiger partial charge in [-0.3, -0.25) is 10.2 Å². The highest BCUT2D eigenvalue weighted by Gasteiger charge is 2.42. The van der Waals surface area contributed by atoms with E-state index >= 15 is 0 Å². The molecule has 8 nitrogen and oxygen atoms in total. The minimum absolute atomic E-state index is 0.0980. The van der Waals surface area contributed by atoms with Gasteiger partial charge in [0, 0.05) is 67.5 Å². The van der Waals surface area contributed by atoms with E-state index in [1.165, 1.54) is 6.07 Å². The molecule has 0 spiro atoms. The SMILES string of the molecule is COc1cccc(F)c1C1CC2C(CN1)NNC2NC(=O)c1cccc(N2CCNCC2)c1. The van der Waals surface area contributed by atoms with E-state index in [-0.39, 0.29) is 35.9 Å². The Morgan fingerprint density at radius 1 is 1.15 bits per heavy atom. The monoisotopic (exact) mass is 454 g/mol. The molecule has 0 radical (unpaired) electrons. The highest BCUT2D eigenvalue weighted by molar-refractivity contribution is 5.95. The largest absolute Gasteiger partial charge is 0.496 e. The second-order valence-corrected chi connectivity index (χ2v) is 8.85. The van der Waals surface area contributed by atoms with E-state index in [9.17, 15) is 9.18 Å². The molecule has 0 bridgehead atoms. The van der Waals surface area contributed by atoms with Gasteiger partial charge in [-0.1, -0.05) is 12.1 Å². The predicted molar refractivity (Wildman–Crippen MR) is 125 cm³/mol. The van der Waals surface area contributed by atoms with Crippen molar-refractivity contribution < 1.29 is 13.9 Å². The van der Waals surface area contributed by atoms with E-state index in [1.54, 1.807) is 19.2 Å². The molecule has 0 saturated carbocycles. The van der Waals surface area contributed by atoms with Crippen LogP contribution in [-0.2, 0) is 0 Å². The van der Waals surface area contributed by atoms with Crippen molar-refractivity contribution in [3.8, 4) is 5.75 Å². The van der Waals surface area contributed by atoms with Gasteiger partial charge in [-0.05, 0) is 36.8 Å². The number of hydrogen-bond donors (Lipinski definition) is 5. The van der Waals surface area contributed by atoms with Crippen LogP contribution in [0, 0.1) is 11.7 Å². The standard InChI is InChI=1S/C24H31FN6O2/c1-33-21-7-3-6-18(25)22(21)19-13-17-20(14-27-19)29-30-23(17)28-24(32)15-4-2-5-16(12-15)31-10-8-26-9-11-31/h2-7,12,17,19-20,23,26-27,29-30H,8-11,13-14H2,1H3,(H,28,32). The molecule has 2 aromatic carbocycles. The molecule has 4 unspecified atom stereocenters. The Morgan fingerprint density at radius 3 is 2.79 bits per heavy atom. The predicted octanol–water partition coefficient (Wildman–Crippen LogP) is 1.13. The smallest absolute Gasteiger partial charge is 0.252 e. The maximum atomic E-state index is 14.7. The zero-order chi connectivity index (χ0) is 22.8. The van der Waals surface area contributed by atoms with Gasteiger partial charge in [0.2, 0.25) is 0 Å². The fraction of sp³-hybridized carbons (Fsp3) is 0.458. The second-order valence-electron chi connectivity index (χ2n) is 8.85. The first kappa shape index (κ1) is 22.1. The molecule has 3 aliphatic heterocycles. The molecule has 4 atom stereocenters. The fourth-order valence-corrected chi connectivity index (χ4v) is 5.16. The molecular weight excluding hydrogens is 423 g/mol. The molecule has 0 aliphatic carbocycles. The van der Waals surface area contributed by atoms with Gasteiger partial charge in [-0.2, -0.15) is 0 Å². The lowest BCUT2D eigenvalue weighted by molar-refractivity contribution is 0.0913. The molecule has 5 rings (SSSR count). The number of ether oxygens (including phenoxy) is 1. The fourth-order valence-electron chi connectivity index (χ4n) is 5.16. The molecule has 3 saturated heterocycles. The summed E-state index contributed by atoms with van der Waals surface area (Å²) in [7, 11) is 1.56. The zero-order valence-electron chi connectivity index (χ0n) is 18.7. The van der Waals surface area contributed by atoms with Crippen LogP contribution < -0.4 is 36.4 Å². The summed E-state index contributed by atoms with van der Waals surface area (Å²) in [6.45, 7) is 4.40. The average molecular weight is 455 g/mol. The van der Waals surface area contributed by atoms with Crippen LogP contribution in [0.2, 0.25) is 0 Å². The van der Waals surface area contributed by atoms with Crippen molar-refractivity contribution in [2.24, 2.45) is 5.92 Å². The number of anilines is 1. The Morgan fingerprint density at radius 2 is 1.97 bits per heavy atom. The van der Waals surface area contributed by atoms with Gasteiger partial charge in [0.1, 0.15) is 11.6 Å². The van der Waals surface area contributed by atoms with Crippen molar-refractivity contribution in [1.82, 2.24) is 26.8 Å². The van der Waals surface area contributed by atoms with Crippen molar-refractivity contribution >= 4 is 11.6 Å². The number of nitrogens with one attached hydrogen (secondary N) is 5. The van der Waals surface area contributed by atoms with Crippen molar-refractivity contribution in [1.29, 1.82) is 0 Å². The summed E-state index contributed by atoms with van der Waals surface area (Å²) < 4.78 is 20.1. The van der Waals surface area contributed by atoms with E-state index in [0.717, 1.165) is 31.9 Å². The highest BCUT2D eigenvalue weighted by Crippen LogP contribution is 2.36. The van der Waals surface area contributed by atoms with E-state index in [2.05, 4.69) is 31.7 Å². The number of benzene rings is 2. The number of nitrogens with zero attached hydrogens (tertiary/aromatic N) is 1. The molecule has 0 aromatic heterocycles. The van der Waals surface area contributed by atoms with Crippen molar-refractivity contribution in [2.45, 2.75) is 24.7 Å². The van der Waals surface area contributed by atoms with Crippen LogP contribution >= 0.6 is 0 Å². The summed E-state index contributed by atoms with van der Waals surface area (Å²) in [6.07, 6.45) is 0.404. The van der Waals surface area contributed by atoms with E-state index in [1.807, 2.05) is 24.3 Å². The number of rotatable bonds is 5. The highest BCUT2D eigenvalue weighted by atomic mass is 19.1. The van der Waals surface area contributed by atoms with Crippen LogP contribution in [0.15, 0.2) is 42.5 Å². The molecule has 3 fully saturated rings. The van der Waals surface area contributed by atoms with Crippen molar-refractivity contribution in [2.75, 3.05) is 44.7 Å². The normalized spacial score (nSPS) is 27.2. The van der Waals surface area contributed by atoms with Crippen LogP contribution in [0.25, 0.3) is 0 Å². The number of amides is 1. The molecule has 176 valence electrons. The molecular formula is C24H31FN6O2. The summed E-state index contributed by atoms with van der Waals surface area (Å²) in [5.74, 6) is 0.232. The second kappa shape index (κ2) is 9.64. The van der Waals surface area contributed by atoms with Crippen molar-refractivity contribution in [3.63, 3.8) is 0 Å². The maximum absolute atomic E-state index is 14.7. The lowest BCUT2D eigenvalue weighted by Crippen LogP contribution is -2.49. The Bertz CT molecular complexity index is 999. The number of piperidine rings is 1. The van der Waals surface area contributed by atoms with E-state index in [4.69, 9.17) is 4.74 Å². The van der Waals surface area contributed by atoms with E-state index < -0.39 is 0 Å². The Hall–Kier alpha value is -2.72. The first-order chi connectivity index (χ1) is 16.1. The number of hydrazine groups is 1. The van der Waals surface area contributed by atoms with Gasteiger partial charge in [0.25, 0.3) is 5.91 Å². The molecule has 9 heteroatoms. The lowest BCUT2D eigenvalue weighted by Gasteiger charge is -2.35. The van der Waals surface area contributed by atoms with Gasteiger partial charge in [-0.25, -0.2) is 9.82 Å². The third-order valence-electron chi connectivity index (χ3n) is 6.92. The molecule has 3 heterocycles. The number of piperazine rings is 1. The third-order valence-corrected chi connectivity index (χ3v) is 6.92. The molecule has 33 heavy (non-hydrogen) atoms. The first-order valence-electron chi connectivity index (χ1n) is 11.6. The van der Waals surface area contributed by atoms with Gasteiger partial charge in [-0.15, -0.1) is 0 Å². The quantitative estimate of drug-likeness (QED) is 0.463. The average Bonchev–Trinajstić information content (AvgIpc) is 3.26. The van der Waals surface area contributed by atoms with Crippen LogP contribution in [-0.4, -0.2) is 57.9 Å². The Kier molecular flexibility index (Phi) is 6.45. The van der Waals surface area contributed by atoms with Gasteiger partial charge in [0.05, 0.1) is 13.3 Å². The number of halogens is 1. The van der Waals surface area contributed by atoms with Gasteiger partial charge >= 0.3 is 0 Å². The van der Waals surface area contributed by atoms with Crippen molar-refractivity contribution in [3.05, 3.63) is 59.4 Å². The number of hydrogen-bond acceptors (Lipinski definition) is 7. The van der Waals surface area contributed by atoms with Crippen LogP contribution in [0.1, 0.15) is 28.4 Å². The maximum Gasteiger partial charge on any atom is 0.252 e. The van der Waals surface area contributed by atoms with Gasteiger partial charge in [0.15, 0.2) is 0 Å². The minimum atomic E-state index is -0.283. The van der Waals surface area contributed by atoms with Crippen LogP contribution in [0.4, 0.5) is 10.1 Å². The zero-order valence-corrected chi connectivity index (χ0v) is 18.7. The lowest BCUT2D eigenvalue weighted by atomic mass is 9.84. The van der Waals surface area contributed by atoms with Crippen LogP contribution in [0.3, 0.4) is 0 Å².